The molecule has 3 N–H and O–H groups in total. The molecule has 6 heteroatoms. The summed E-state index contributed by atoms with van der Waals surface area (Å²) in [5.74, 6) is -0.00840. The lowest BCUT2D eigenvalue weighted by Gasteiger charge is -2.22. The summed E-state index contributed by atoms with van der Waals surface area (Å²) in [6.07, 6.45) is 92.7. The summed E-state index contributed by atoms with van der Waals surface area (Å²) in [7, 11) is 0. The highest BCUT2D eigenvalue weighted by molar-refractivity contribution is 5.76. The number of allylic oxidation sites excluding steroid dienone is 4. The van der Waals surface area contributed by atoms with E-state index in [1.165, 1.54) is 353 Å². The molecule has 0 spiro atoms. The van der Waals surface area contributed by atoms with Crippen LogP contribution in [0.1, 0.15) is 431 Å². The summed E-state index contributed by atoms with van der Waals surface area (Å²) >= 11 is 0. The van der Waals surface area contributed by atoms with Gasteiger partial charge in [-0.15, -0.1) is 0 Å². The molecule has 0 heterocycles. The summed E-state index contributed by atoms with van der Waals surface area (Å²) < 4.78 is 5.52. The maximum Gasteiger partial charge on any atom is 0.305 e. The number of nitrogens with one attached hydrogen (secondary N) is 1. The Morgan fingerprint density at radius 3 is 0.916 bits per heavy atom. The van der Waals surface area contributed by atoms with Gasteiger partial charge in [0.2, 0.25) is 5.91 Å². The van der Waals surface area contributed by atoms with Gasteiger partial charge in [-0.1, -0.05) is 385 Å². The smallest absolute Gasteiger partial charge is 0.305 e. The van der Waals surface area contributed by atoms with Crippen molar-refractivity contribution in [3.8, 4) is 0 Å². The molecule has 2 atom stereocenters. The molecule has 0 fully saturated rings. The second kappa shape index (κ2) is 72.8. The molecular weight excluding hydrogens is 1020 g/mol. The van der Waals surface area contributed by atoms with Crippen molar-refractivity contribution >= 4 is 11.9 Å². The van der Waals surface area contributed by atoms with E-state index < -0.39 is 12.1 Å². The van der Waals surface area contributed by atoms with Gasteiger partial charge in [-0.3, -0.25) is 9.59 Å². The van der Waals surface area contributed by atoms with E-state index >= 15 is 0 Å². The molecule has 6 nitrogen and oxygen atoms in total. The van der Waals surface area contributed by atoms with E-state index in [9.17, 15) is 19.8 Å². The number of aliphatic hydroxyl groups is 2. The first-order valence-corrected chi connectivity index (χ1v) is 38.1. The quantitative estimate of drug-likeness (QED) is 0.0320. The van der Waals surface area contributed by atoms with Crippen LogP contribution in [-0.2, 0) is 14.3 Å². The summed E-state index contributed by atoms with van der Waals surface area (Å²) in [6.45, 7) is 4.99. The van der Waals surface area contributed by atoms with Gasteiger partial charge >= 0.3 is 5.97 Å². The largest absolute Gasteiger partial charge is 0.466 e. The van der Waals surface area contributed by atoms with Crippen molar-refractivity contribution in [1.82, 2.24) is 5.32 Å². The van der Waals surface area contributed by atoms with E-state index in [0.29, 0.717) is 25.9 Å². The van der Waals surface area contributed by atoms with Crippen LogP contribution in [-0.4, -0.2) is 47.4 Å². The van der Waals surface area contributed by atoms with Gasteiger partial charge in [-0.05, 0) is 57.8 Å². The van der Waals surface area contributed by atoms with E-state index in [2.05, 4.69) is 43.5 Å². The van der Waals surface area contributed by atoms with Gasteiger partial charge in [0.25, 0.3) is 0 Å². The molecule has 0 aliphatic heterocycles. The number of aliphatic hydroxyl groups excluding tert-OH is 2. The maximum atomic E-state index is 12.5. The lowest BCUT2D eigenvalue weighted by atomic mass is 10.0. The zero-order valence-electron chi connectivity index (χ0n) is 56.5. The standard InChI is InChI=1S/C77H149NO5/c1-3-5-7-9-11-13-15-17-18-19-37-41-44-47-51-55-59-63-67-71-77(82)83-72-68-64-60-56-52-48-45-42-39-36-34-32-30-28-26-24-22-20-21-23-25-27-29-31-33-35-38-40-43-46-50-54-58-62-66-70-76(81)78-74(73-79)75(80)69-65-61-57-53-49-16-14-12-10-8-6-4-2/h22,24,28,30,74-75,79-80H,3-21,23,25-27,29,31-73H2,1-2H3,(H,78,81)/b24-22-,30-28-. The average molecular weight is 1170 g/mol. The summed E-state index contributed by atoms with van der Waals surface area (Å²) in [5, 5.41) is 23.3. The van der Waals surface area contributed by atoms with E-state index in [4.69, 9.17) is 4.74 Å². The number of rotatable bonds is 72. The number of unbranched alkanes of at least 4 members (excludes halogenated alkanes) is 57. The molecule has 2 unspecified atom stereocenters. The third-order valence-electron chi connectivity index (χ3n) is 18.0. The van der Waals surface area contributed by atoms with Crippen LogP contribution in [0.25, 0.3) is 0 Å². The van der Waals surface area contributed by atoms with Gasteiger partial charge in [-0.25, -0.2) is 0 Å². The van der Waals surface area contributed by atoms with Crippen LogP contribution in [0.4, 0.5) is 0 Å². The van der Waals surface area contributed by atoms with Gasteiger partial charge in [0.1, 0.15) is 0 Å². The Balaban J connectivity index is 3.33. The van der Waals surface area contributed by atoms with Gasteiger partial charge in [-0.2, -0.15) is 0 Å². The van der Waals surface area contributed by atoms with E-state index in [1.807, 2.05) is 0 Å². The normalized spacial score (nSPS) is 12.6. The minimum absolute atomic E-state index is 0.0224. The summed E-state index contributed by atoms with van der Waals surface area (Å²) in [4.78, 5) is 24.6. The van der Waals surface area contributed by atoms with Crippen LogP contribution in [0.2, 0.25) is 0 Å². The fourth-order valence-electron chi connectivity index (χ4n) is 12.2. The van der Waals surface area contributed by atoms with Crippen molar-refractivity contribution in [2.75, 3.05) is 13.2 Å². The average Bonchev–Trinajstić information content (AvgIpc) is 3.49. The lowest BCUT2D eigenvalue weighted by molar-refractivity contribution is -0.143. The highest BCUT2D eigenvalue weighted by Crippen LogP contribution is 2.20. The van der Waals surface area contributed by atoms with Crippen LogP contribution < -0.4 is 5.32 Å². The molecule has 0 aliphatic carbocycles. The molecule has 0 aromatic rings. The van der Waals surface area contributed by atoms with Crippen LogP contribution in [0.5, 0.6) is 0 Å². The molecule has 0 saturated carbocycles. The molecule has 0 radical (unpaired) electrons. The Morgan fingerprint density at radius 2 is 0.602 bits per heavy atom. The molecule has 0 aromatic carbocycles. The first-order chi connectivity index (χ1) is 41.0. The van der Waals surface area contributed by atoms with E-state index in [-0.39, 0.29) is 18.5 Å². The van der Waals surface area contributed by atoms with E-state index in [0.717, 1.165) is 44.9 Å². The van der Waals surface area contributed by atoms with Crippen molar-refractivity contribution in [3.05, 3.63) is 24.3 Å². The first kappa shape index (κ1) is 81.3. The number of carbonyl (C=O) groups excluding carboxylic acids is 2. The highest BCUT2D eigenvalue weighted by atomic mass is 16.5. The Bertz CT molecular complexity index is 1300. The zero-order chi connectivity index (χ0) is 59.9. The highest BCUT2D eigenvalue weighted by Gasteiger charge is 2.20. The molecule has 83 heavy (non-hydrogen) atoms. The number of carbonyl (C=O) groups is 2. The van der Waals surface area contributed by atoms with Crippen molar-refractivity contribution in [3.63, 3.8) is 0 Å². The lowest BCUT2D eigenvalue weighted by Crippen LogP contribution is -2.45. The van der Waals surface area contributed by atoms with Crippen LogP contribution in [0.3, 0.4) is 0 Å². The number of hydrogen-bond acceptors (Lipinski definition) is 5. The van der Waals surface area contributed by atoms with Gasteiger partial charge in [0.05, 0.1) is 25.4 Å². The Hall–Kier alpha value is -1.66. The van der Waals surface area contributed by atoms with Crippen LogP contribution in [0.15, 0.2) is 24.3 Å². The van der Waals surface area contributed by atoms with Crippen molar-refractivity contribution < 1.29 is 24.5 Å². The van der Waals surface area contributed by atoms with Crippen molar-refractivity contribution in [2.24, 2.45) is 0 Å². The summed E-state index contributed by atoms with van der Waals surface area (Å²) in [6, 6.07) is -0.538. The minimum atomic E-state index is -0.661. The monoisotopic (exact) mass is 1170 g/mol. The second-order valence-electron chi connectivity index (χ2n) is 26.3. The third kappa shape index (κ3) is 69.3. The molecule has 492 valence electrons. The second-order valence-corrected chi connectivity index (χ2v) is 26.3. The third-order valence-corrected chi connectivity index (χ3v) is 18.0. The molecule has 0 bridgehead atoms. The topological polar surface area (TPSA) is 95.9 Å². The Labute approximate surface area is 520 Å². The molecule has 1 amide bonds. The molecule has 0 rings (SSSR count). The molecule has 0 saturated heterocycles. The molecular formula is C77H149NO5. The molecule has 0 aliphatic rings. The Morgan fingerprint density at radius 1 is 0.337 bits per heavy atom. The number of ether oxygens (including phenoxy) is 1. The minimum Gasteiger partial charge on any atom is -0.466 e. The fourth-order valence-corrected chi connectivity index (χ4v) is 12.2. The van der Waals surface area contributed by atoms with E-state index in [1.54, 1.807) is 0 Å². The maximum absolute atomic E-state index is 12.5. The fraction of sp³-hybridized carbons (Fsp3) is 0.922. The zero-order valence-corrected chi connectivity index (χ0v) is 56.5. The van der Waals surface area contributed by atoms with Gasteiger partial charge in [0, 0.05) is 12.8 Å². The Kier molecular flexibility index (Phi) is 71.4. The van der Waals surface area contributed by atoms with Crippen LogP contribution >= 0.6 is 0 Å². The SMILES string of the molecule is CCCCCCCCCCCCCCCCCCCCCC(=O)OCCCCCCCCCCCCC/C=C\C/C=C\CCCCCCCCCCCCCCCCCCCC(=O)NC(CO)C(O)CCCCCCCCCCCCCC. The molecule has 0 aromatic heterocycles. The number of amides is 1. The predicted molar refractivity (Wildman–Crippen MR) is 366 cm³/mol. The first-order valence-electron chi connectivity index (χ1n) is 38.1. The van der Waals surface area contributed by atoms with Crippen molar-refractivity contribution in [2.45, 2.75) is 443 Å². The van der Waals surface area contributed by atoms with Gasteiger partial charge in [0.15, 0.2) is 0 Å². The van der Waals surface area contributed by atoms with Gasteiger partial charge < -0.3 is 20.3 Å². The predicted octanol–water partition coefficient (Wildman–Crippen LogP) is 24.9. The number of esters is 1. The summed E-state index contributed by atoms with van der Waals surface area (Å²) in [5.41, 5.74) is 0. The van der Waals surface area contributed by atoms with Crippen molar-refractivity contribution in [1.29, 1.82) is 0 Å². The number of hydrogen-bond donors (Lipinski definition) is 3. The van der Waals surface area contributed by atoms with Crippen LogP contribution in [0, 0.1) is 0 Å².